The molecule has 1 unspecified atom stereocenters. The van der Waals surface area contributed by atoms with Crippen molar-refractivity contribution in [3.63, 3.8) is 0 Å². The molecule has 170 valence electrons. The number of aliphatic imine (C=N–C) groups is 1. The first-order valence-electron chi connectivity index (χ1n) is 10.5. The molecule has 0 saturated carbocycles. The van der Waals surface area contributed by atoms with Gasteiger partial charge in [0.25, 0.3) is 0 Å². The number of rotatable bonds is 7. The smallest absolute Gasteiger partial charge is 0.338 e. The minimum absolute atomic E-state index is 0.120. The summed E-state index contributed by atoms with van der Waals surface area (Å²) in [4.78, 5) is 36.5. The van der Waals surface area contributed by atoms with Crippen molar-refractivity contribution < 1.29 is 14.3 Å². The van der Waals surface area contributed by atoms with Crippen molar-refractivity contribution in [2.75, 3.05) is 6.61 Å². The minimum Gasteiger partial charge on any atom is -0.463 e. The van der Waals surface area contributed by atoms with Crippen molar-refractivity contribution in [3.05, 3.63) is 87.3 Å². The molecule has 9 heteroatoms. The number of hydrogen-bond donors (Lipinski definition) is 1. The molecule has 1 N–H and O–H groups in total. The molecule has 1 amide bonds. The molecular formula is C24H23ClN4O3S. The number of allylic oxidation sites excluding steroid dienone is 1. The summed E-state index contributed by atoms with van der Waals surface area (Å²) in [5, 5.41) is 6.01. The van der Waals surface area contributed by atoms with Crippen LogP contribution < -0.4 is 5.32 Å². The van der Waals surface area contributed by atoms with Crippen molar-refractivity contribution in [1.82, 2.24) is 15.2 Å². The summed E-state index contributed by atoms with van der Waals surface area (Å²) in [5.74, 6) is -0.603. The maximum Gasteiger partial charge on any atom is 0.338 e. The number of pyridine rings is 1. The fourth-order valence-corrected chi connectivity index (χ4v) is 4.95. The van der Waals surface area contributed by atoms with Crippen LogP contribution in [0.2, 0.25) is 5.02 Å². The van der Waals surface area contributed by atoms with Crippen LogP contribution in [0.5, 0.6) is 0 Å². The summed E-state index contributed by atoms with van der Waals surface area (Å²) in [7, 11) is 0. The van der Waals surface area contributed by atoms with Crippen LogP contribution in [-0.2, 0) is 20.9 Å². The largest absolute Gasteiger partial charge is 0.463 e. The second-order valence-electron chi connectivity index (χ2n) is 7.41. The number of carbonyl (C=O) groups excluding carboxylic acids is 2. The quantitative estimate of drug-likeness (QED) is 0.581. The molecule has 3 heterocycles. The highest BCUT2D eigenvalue weighted by molar-refractivity contribution is 8.16. The van der Waals surface area contributed by atoms with E-state index in [1.54, 1.807) is 26.1 Å². The molecule has 2 aromatic rings. The van der Waals surface area contributed by atoms with Gasteiger partial charge in [0.15, 0.2) is 5.17 Å². The molecule has 0 aliphatic carbocycles. The van der Waals surface area contributed by atoms with Crippen LogP contribution in [0.25, 0.3) is 0 Å². The first-order valence-corrected chi connectivity index (χ1v) is 11.8. The molecule has 4 rings (SSSR count). The van der Waals surface area contributed by atoms with Gasteiger partial charge in [0.05, 0.1) is 42.6 Å². The Bertz CT molecular complexity index is 1160. The number of amidine groups is 1. The highest BCUT2D eigenvalue weighted by Gasteiger charge is 2.41. The van der Waals surface area contributed by atoms with Gasteiger partial charge in [0.1, 0.15) is 0 Å². The summed E-state index contributed by atoms with van der Waals surface area (Å²) in [6.45, 7) is 4.13. The van der Waals surface area contributed by atoms with Crippen molar-refractivity contribution in [2.24, 2.45) is 4.99 Å². The van der Waals surface area contributed by atoms with E-state index in [4.69, 9.17) is 16.3 Å². The van der Waals surface area contributed by atoms with Gasteiger partial charge in [-0.1, -0.05) is 47.6 Å². The fraction of sp³-hybridized carbons (Fsp3) is 0.250. The SMILES string of the molecule is CCOC(=O)C1=C(C)N=C2SC=C(CC(=O)NCc3ccccn3)N2C1c1ccccc1Cl. The van der Waals surface area contributed by atoms with Crippen molar-refractivity contribution >= 4 is 40.4 Å². The predicted octanol–water partition coefficient (Wildman–Crippen LogP) is 4.58. The van der Waals surface area contributed by atoms with Gasteiger partial charge >= 0.3 is 5.97 Å². The molecule has 0 saturated heterocycles. The number of hydrogen-bond acceptors (Lipinski definition) is 7. The first-order chi connectivity index (χ1) is 16.0. The fourth-order valence-electron chi connectivity index (χ4n) is 3.75. The molecule has 33 heavy (non-hydrogen) atoms. The second-order valence-corrected chi connectivity index (χ2v) is 8.65. The van der Waals surface area contributed by atoms with Gasteiger partial charge in [-0.25, -0.2) is 9.79 Å². The average Bonchev–Trinajstić information content (AvgIpc) is 3.20. The van der Waals surface area contributed by atoms with E-state index >= 15 is 0 Å². The van der Waals surface area contributed by atoms with Gasteiger partial charge < -0.3 is 15.0 Å². The normalized spacial score (nSPS) is 17.3. The Balaban J connectivity index is 1.62. The molecule has 2 aliphatic rings. The molecule has 1 atom stereocenters. The summed E-state index contributed by atoms with van der Waals surface area (Å²) in [5.41, 5.74) is 3.24. The molecule has 1 aromatic carbocycles. The highest BCUT2D eigenvalue weighted by atomic mass is 35.5. The van der Waals surface area contributed by atoms with E-state index < -0.39 is 12.0 Å². The third kappa shape index (κ3) is 4.96. The minimum atomic E-state index is -0.546. The molecule has 0 bridgehead atoms. The highest BCUT2D eigenvalue weighted by Crippen LogP contribution is 2.46. The van der Waals surface area contributed by atoms with E-state index in [1.165, 1.54) is 11.8 Å². The lowest BCUT2D eigenvalue weighted by molar-refractivity contribution is -0.139. The molecule has 0 fully saturated rings. The Kier molecular flexibility index (Phi) is 7.15. The Morgan fingerprint density at radius 1 is 1.21 bits per heavy atom. The maximum absolute atomic E-state index is 12.9. The second kappa shape index (κ2) is 10.2. The number of thioether (sulfide) groups is 1. The monoisotopic (exact) mass is 482 g/mol. The number of halogens is 1. The molecule has 2 aliphatic heterocycles. The van der Waals surface area contributed by atoms with Crippen LogP contribution >= 0.6 is 23.4 Å². The lowest BCUT2D eigenvalue weighted by atomic mass is 9.93. The maximum atomic E-state index is 12.9. The van der Waals surface area contributed by atoms with E-state index in [0.717, 1.165) is 17.0 Å². The summed E-state index contributed by atoms with van der Waals surface area (Å²) in [6, 6.07) is 12.4. The predicted molar refractivity (Wildman–Crippen MR) is 129 cm³/mol. The van der Waals surface area contributed by atoms with Gasteiger partial charge in [0.2, 0.25) is 5.91 Å². The summed E-state index contributed by atoms with van der Waals surface area (Å²) >= 11 is 7.98. The molecular weight excluding hydrogens is 460 g/mol. The van der Waals surface area contributed by atoms with Crippen molar-refractivity contribution in [1.29, 1.82) is 0 Å². The van der Waals surface area contributed by atoms with Gasteiger partial charge in [-0.15, -0.1) is 0 Å². The molecule has 0 spiro atoms. The Morgan fingerprint density at radius 2 is 2.00 bits per heavy atom. The van der Waals surface area contributed by atoms with Gasteiger partial charge in [0, 0.05) is 16.9 Å². The zero-order valence-corrected chi connectivity index (χ0v) is 19.8. The number of amides is 1. The number of aromatic nitrogens is 1. The van der Waals surface area contributed by atoms with Crippen LogP contribution in [0.4, 0.5) is 0 Å². The lowest BCUT2D eigenvalue weighted by Crippen LogP contribution is -2.38. The van der Waals surface area contributed by atoms with Crippen LogP contribution in [-0.4, -0.2) is 33.5 Å². The standard InChI is InChI=1S/C24H23ClN4O3S/c1-3-32-23(31)21-15(2)28-24-29(22(21)18-9-4-5-10-19(18)25)17(14-33-24)12-20(30)27-13-16-8-6-7-11-26-16/h4-11,14,22H,3,12-13H2,1-2H3,(H,27,30). The average molecular weight is 483 g/mol. The van der Waals surface area contributed by atoms with E-state index in [2.05, 4.69) is 15.3 Å². The number of nitrogens with zero attached hydrogens (tertiary/aromatic N) is 3. The third-order valence-electron chi connectivity index (χ3n) is 5.23. The van der Waals surface area contributed by atoms with E-state index in [1.807, 2.05) is 46.7 Å². The Hall–Kier alpha value is -3.10. The van der Waals surface area contributed by atoms with Gasteiger partial charge in [-0.2, -0.15) is 0 Å². The topological polar surface area (TPSA) is 83.9 Å². The number of esters is 1. The lowest BCUT2D eigenvalue weighted by Gasteiger charge is -2.36. The Morgan fingerprint density at radius 3 is 2.73 bits per heavy atom. The number of fused-ring (bicyclic) bond motifs is 1. The van der Waals surface area contributed by atoms with Crippen molar-refractivity contribution in [2.45, 2.75) is 32.9 Å². The van der Waals surface area contributed by atoms with E-state index in [9.17, 15) is 9.59 Å². The molecule has 7 nitrogen and oxygen atoms in total. The zero-order valence-electron chi connectivity index (χ0n) is 18.2. The number of benzene rings is 1. The molecule has 1 aromatic heterocycles. The third-order valence-corrected chi connectivity index (χ3v) is 6.46. The molecule has 0 radical (unpaired) electrons. The number of nitrogens with one attached hydrogen (secondary N) is 1. The van der Waals surface area contributed by atoms with Crippen LogP contribution in [0.3, 0.4) is 0 Å². The van der Waals surface area contributed by atoms with Gasteiger partial charge in [-0.05, 0) is 43.0 Å². The van der Waals surface area contributed by atoms with E-state index in [0.29, 0.717) is 28.0 Å². The van der Waals surface area contributed by atoms with E-state index in [-0.39, 0.29) is 18.9 Å². The number of ether oxygens (including phenoxy) is 1. The zero-order chi connectivity index (χ0) is 23.4. The van der Waals surface area contributed by atoms with Crippen molar-refractivity contribution in [3.8, 4) is 0 Å². The van der Waals surface area contributed by atoms with Crippen LogP contribution in [0.1, 0.15) is 37.6 Å². The first kappa shape index (κ1) is 23.1. The number of carbonyl (C=O) groups is 2. The van der Waals surface area contributed by atoms with Crippen LogP contribution in [0, 0.1) is 0 Å². The van der Waals surface area contributed by atoms with Crippen LogP contribution in [0.15, 0.2) is 76.0 Å². The van der Waals surface area contributed by atoms with Gasteiger partial charge in [-0.3, -0.25) is 9.78 Å². The summed E-state index contributed by atoms with van der Waals surface area (Å²) < 4.78 is 5.35. The Labute approximate surface area is 201 Å². The summed E-state index contributed by atoms with van der Waals surface area (Å²) in [6.07, 6.45) is 1.81.